The highest BCUT2D eigenvalue weighted by molar-refractivity contribution is 7.89. The second kappa shape index (κ2) is 8.81. The van der Waals surface area contributed by atoms with Gasteiger partial charge in [-0.15, -0.1) is 11.3 Å². The van der Waals surface area contributed by atoms with Crippen molar-refractivity contribution in [3.63, 3.8) is 0 Å². The number of fused-ring (bicyclic) bond motifs is 1. The highest BCUT2D eigenvalue weighted by Crippen LogP contribution is 2.33. The molecule has 164 valence electrons. The fraction of sp³-hybridized carbons (Fsp3) is 0.333. The van der Waals surface area contributed by atoms with Crippen LogP contribution in [0.4, 0.5) is 5.69 Å². The Morgan fingerprint density at radius 2 is 2.03 bits per heavy atom. The number of carbonyl (C=O) groups is 2. The number of amides is 2. The van der Waals surface area contributed by atoms with Crippen LogP contribution in [0.2, 0.25) is 0 Å². The van der Waals surface area contributed by atoms with Crippen LogP contribution in [0, 0.1) is 0 Å². The summed E-state index contributed by atoms with van der Waals surface area (Å²) < 4.78 is 33.2. The number of hydrogen-bond donors (Lipinski definition) is 1. The summed E-state index contributed by atoms with van der Waals surface area (Å²) in [7, 11) is -3.76. The number of ether oxygens (including phenoxy) is 1. The first kappa shape index (κ1) is 21.5. The molecule has 10 heteroatoms. The monoisotopic (exact) mass is 461 g/mol. The molecule has 1 saturated heterocycles. The topological polar surface area (TPSA) is 96.0 Å². The maximum atomic E-state index is 13.1. The zero-order valence-corrected chi connectivity index (χ0v) is 18.6. The molecule has 0 radical (unpaired) electrons. The average molecular weight is 462 g/mol. The van der Waals surface area contributed by atoms with Crippen molar-refractivity contribution in [2.45, 2.75) is 24.3 Å². The Morgan fingerprint density at radius 3 is 2.71 bits per heavy atom. The summed E-state index contributed by atoms with van der Waals surface area (Å²) >= 11 is 1.54. The van der Waals surface area contributed by atoms with E-state index < -0.39 is 16.1 Å². The fourth-order valence-corrected chi connectivity index (χ4v) is 5.57. The third kappa shape index (κ3) is 4.51. The largest absolute Gasteiger partial charge is 0.478 e. The van der Waals surface area contributed by atoms with Gasteiger partial charge in [-0.05, 0) is 42.1 Å². The first-order valence-electron chi connectivity index (χ1n) is 10.0. The Bertz CT molecular complexity index is 1100. The van der Waals surface area contributed by atoms with Crippen molar-refractivity contribution in [1.29, 1.82) is 0 Å². The maximum absolute atomic E-state index is 13.1. The number of rotatable bonds is 5. The Labute approximate surface area is 185 Å². The highest BCUT2D eigenvalue weighted by atomic mass is 32.2. The van der Waals surface area contributed by atoms with Gasteiger partial charge in [0.2, 0.25) is 15.9 Å². The van der Waals surface area contributed by atoms with Gasteiger partial charge in [-0.3, -0.25) is 9.59 Å². The molecule has 1 aromatic carbocycles. The van der Waals surface area contributed by atoms with Gasteiger partial charge in [0.1, 0.15) is 5.75 Å². The van der Waals surface area contributed by atoms with E-state index in [4.69, 9.17) is 4.74 Å². The molecule has 31 heavy (non-hydrogen) atoms. The smallest absolute Gasteiger partial charge is 0.265 e. The number of anilines is 1. The Morgan fingerprint density at radius 1 is 1.26 bits per heavy atom. The number of hydrogen-bond acceptors (Lipinski definition) is 6. The quantitative estimate of drug-likeness (QED) is 0.690. The molecule has 0 saturated carbocycles. The van der Waals surface area contributed by atoms with E-state index >= 15 is 0 Å². The minimum atomic E-state index is -3.76. The van der Waals surface area contributed by atoms with Crippen molar-refractivity contribution in [1.82, 2.24) is 9.21 Å². The van der Waals surface area contributed by atoms with E-state index in [1.807, 2.05) is 24.4 Å². The maximum Gasteiger partial charge on any atom is 0.265 e. The number of sulfonamides is 1. The van der Waals surface area contributed by atoms with Crippen LogP contribution in [0.3, 0.4) is 0 Å². The molecule has 0 spiro atoms. The standard InChI is InChI=1S/C21H23N3O5S2/c1-2-18-21(26)22-17-14-16(6-7-19(17)29-18)31(27,28)24-11-9-23(10-12-24)20(25)8-5-15-4-3-13-30-15/h3-8,13-14,18H,2,9-12H2,1H3,(H,22,26)/b8-5+/t18-/m1/s1. The Kier molecular flexibility index (Phi) is 6.12. The van der Waals surface area contributed by atoms with Crippen LogP contribution in [0.15, 0.2) is 46.7 Å². The molecule has 2 aromatic rings. The molecule has 0 bridgehead atoms. The molecule has 0 aliphatic carbocycles. The molecule has 4 rings (SSSR count). The zero-order chi connectivity index (χ0) is 22.0. The van der Waals surface area contributed by atoms with E-state index in [9.17, 15) is 18.0 Å². The van der Waals surface area contributed by atoms with Crippen molar-refractivity contribution < 1.29 is 22.7 Å². The van der Waals surface area contributed by atoms with Crippen molar-refractivity contribution >= 4 is 44.9 Å². The van der Waals surface area contributed by atoms with Crippen LogP contribution < -0.4 is 10.1 Å². The van der Waals surface area contributed by atoms with Crippen LogP contribution in [0.1, 0.15) is 18.2 Å². The third-order valence-electron chi connectivity index (χ3n) is 5.26. The van der Waals surface area contributed by atoms with E-state index in [0.29, 0.717) is 30.9 Å². The van der Waals surface area contributed by atoms with E-state index in [0.717, 1.165) is 4.88 Å². The molecule has 1 N–H and O–H groups in total. The van der Waals surface area contributed by atoms with Gasteiger partial charge in [0.15, 0.2) is 6.10 Å². The molecule has 1 fully saturated rings. The molecular weight excluding hydrogens is 438 g/mol. The number of thiophene rings is 1. The summed E-state index contributed by atoms with van der Waals surface area (Å²) in [6.45, 7) is 2.89. The van der Waals surface area contributed by atoms with Gasteiger partial charge >= 0.3 is 0 Å². The molecule has 2 aliphatic rings. The minimum Gasteiger partial charge on any atom is -0.478 e. The van der Waals surface area contributed by atoms with E-state index in [1.54, 1.807) is 28.4 Å². The summed E-state index contributed by atoms with van der Waals surface area (Å²) in [6, 6.07) is 8.32. The van der Waals surface area contributed by atoms with Gasteiger partial charge in [0.05, 0.1) is 10.6 Å². The van der Waals surface area contributed by atoms with Gasteiger partial charge in [-0.25, -0.2) is 8.42 Å². The average Bonchev–Trinajstić information content (AvgIpc) is 3.30. The summed E-state index contributed by atoms with van der Waals surface area (Å²) in [5, 5.41) is 4.66. The lowest BCUT2D eigenvalue weighted by atomic mass is 10.2. The second-order valence-electron chi connectivity index (χ2n) is 7.24. The Hall–Kier alpha value is -2.69. The molecule has 3 heterocycles. The first-order chi connectivity index (χ1) is 14.9. The summed E-state index contributed by atoms with van der Waals surface area (Å²) in [5.74, 6) is 0.0372. The Balaban J connectivity index is 1.42. The van der Waals surface area contributed by atoms with Crippen LogP contribution in [-0.4, -0.2) is 61.7 Å². The zero-order valence-electron chi connectivity index (χ0n) is 17.0. The van der Waals surface area contributed by atoms with Crippen molar-refractivity contribution in [2.75, 3.05) is 31.5 Å². The van der Waals surface area contributed by atoms with Crippen molar-refractivity contribution in [2.24, 2.45) is 0 Å². The van der Waals surface area contributed by atoms with Crippen molar-refractivity contribution in [3.05, 3.63) is 46.7 Å². The van der Waals surface area contributed by atoms with Crippen LogP contribution in [0.25, 0.3) is 6.08 Å². The van der Waals surface area contributed by atoms with Gasteiger partial charge in [-0.2, -0.15) is 4.31 Å². The van der Waals surface area contributed by atoms with Crippen LogP contribution in [0.5, 0.6) is 5.75 Å². The number of benzene rings is 1. The van der Waals surface area contributed by atoms with Gasteiger partial charge < -0.3 is 15.0 Å². The number of nitrogens with zero attached hydrogens (tertiary/aromatic N) is 2. The van der Waals surface area contributed by atoms with E-state index in [1.165, 1.54) is 22.5 Å². The predicted molar refractivity (Wildman–Crippen MR) is 118 cm³/mol. The lowest BCUT2D eigenvalue weighted by Crippen LogP contribution is -2.50. The second-order valence-corrected chi connectivity index (χ2v) is 10.2. The fourth-order valence-electron chi connectivity index (χ4n) is 3.50. The lowest BCUT2D eigenvalue weighted by Gasteiger charge is -2.33. The number of piperazine rings is 1. The molecule has 1 atom stereocenters. The summed E-state index contributed by atoms with van der Waals surface area (Å²) in [4.78, 5) is 27.1. The minimum absolute atomic E-state index is 0.0856. The highest BCUT2D eigenvalue weighted by Gasteiger charge is 2.32. The number of carbonyl (C=O) groups excluding carboxylic acids is 2. The van der Waals surface area contributed by atoms with E-state index in [2.05, 4.69) is 5.32 Å². The van der Waals surface area contributed by atoms with Gasteiger partial charge in [0.25, 0.3) is 5.91 Å². The molecule has 2 aliphatic heterocycles. The molecular formula is C21H23N3O5S2. The SMILES string of the molecule is CC[C@H]1Oc2ccc(S(=O)(=O)N3CCN(C(=O)/C=C/c4cccs4)CC3)cc2NC1=O. The molecule has 0 unspecified atom stereocenters. The normalized spacial score (nSPS) is 19.7. The first-order valence-corrected chi connectivity index (χ1v) is 12.3. The van der Waals surface area contributed by atoms with E-state index in [-0.39, 0.29) is 29.8 Å². The summed E-state index contributed by atoms with van der Waals surface area (Å²) in [6.07, 6.45) is 3.24. The molecule has 1 aromatic heterocycles. The lowest BCUT2D eigenvalue weighted by molar-refractivity contribution is -0.127. The van der Waals surface area contributed by atoms with Gasteiger partial charge in [-0.1, -0.05) is 13.0 Å². The third-order valence-corrected chi connectivity index (χ3v) is 7.99. The van der Waals surface area contributed by atoms with Crippen molar-refractivity contribution in [3.8, 4) is 5.75 Å². The predicted octanol–water partition coefficient (Wildman–Crippen LogP) is 2.40. The van der Waals surface area contributed by atoms with Gasteiger partial charge in [0, 0.05) is 37.1 Å². The van der Waals surface area contributed by atoms with Crippen LogP contribution in [-0.2, 0) is 19.6 Å². The molecule has 8 nitrogen and oxygen atoms in total. The molecule has 2 amide bonds. The number of nitrogens with one attached hydrogen (secondary N) is 1. The summed E-state index contributed by atoms with van der Waals surface area (Å²) in [5.41, 5.74) is 0.350. The van der Waals surface area contributed by atoms with Crippen LogP contribution >= 0.6 is 11.3 Å².